The first-order valence-corrected chi connectivity index (χ1v) is 5.48. The molecule has 0 unspecified atom stereocenters. The molecule has 0 saturated carbocycles. The standard InChI is InChI=1S/C14H19/c1-2-4-6-8-10-12-14-13-11-9-7-5-3-1/h1-9H,10-14H2. The minimum Gasteiger partial charge on any atom is -0.0845 e. The van der Waals surface area contributed by atoms with Crippen LogP contribution in [0.15, 0.2) is 48.6 Å². The third-order valence-electron chi connectivity index (χ3n) is 2.18. The van der Waals surface area contributed by atoms with Crippen molar-refractivity contribution < 1.29 is 0 Å². The highest BCUT2D eigenvalue weighted by molar-refractivity contribution is 5.16. The van der Waals surface area contributed by atoms with Crippen LogP contribution in [0.3, 0.4) is 0 Å². The van der Waals surface area contributed by atoms with Crippen LogP contribution in [-0.2, 0) is 0 Å². The first kappa shape index (κ1) is 11.0. The Hall–Kier alpha value is -1.04. The summed E-state index contributed by atoms with van der Waals surface area (Å²) in [5.74, 6) is 0. The van der Waals surface area contributed by atoms with Crippen molar-refractivity contribution in [3.63, 3.8) is 0 Å². The Morgan fingerprint density at radius 3 is 2.00 bits per heavy atom. The quantitative estimate of drug-likeness (QED) is 0.528. The van der Waals surface area contributed by atoms with Gasteiger partial charge in [0.1, 0.15) is 0 Å². The lowest BCUT2D eigenvalue weighted by molar-refractivity contribution is 0.687. The van der Waals surface area contributed by atoms with Crippen LogP contribution in [-0.4, -0.2) is 0 Å². The molecular formula is C14H19. The van der Waals surface area contributed by atoms with E-state index in [1.807, 2.05) is 0 Å². The van der Waals surface area contributed by atoms with Crippen molar-refractivity contribution >= 4 is 0 Å². The van der Waals surface area contributed by atoms with E-state index in [1.54, 1.807) is 0 Å². The van der Waals surface area contributed by atoms with Crippen LogP contribution in [0.5, 0.6) is 0 Å². The number of allylic oxidation sites excluding steroid dienone is 8. The second kappa shape index (κ2) is 8.55. The molecule has 0 nitrogen and oxygen atoms in total. The van der Waals surface area contributed by atoms with Gasteiger partial charge < -0.3 is 0 Å². The van der Waals surface area contributed by atoms with E-state index in [9.17, 15) is 0 Å². The number of hydrogen-bond acceptors (Lipinski definition) is 0. The van der Waals surface area contributed by atoms with E-state index < -0.39 is 0 Å². The molecule has 0 saturated heterocycles. The lowest BCUT2D eigenvalue weighted by atomic mass is 10.1. The van der Waals surface area contributed by atoms with Crippen LogP contribution >= 0.6 is 0 Å². The maximum atomic E-state index is 2.25. The molecule has 0 aromatic carbocycles. The molecular weight excluding hydrogens is 168 g/mol. The van der Waals surface area contributed by atoms with Crippen molar-refractivity contribution in [2.24, 2.45) is 0 Å². The second-order valence-electron chi connectivity index (χ2n) is 3.46. The number of rotatable bonds is 0. The van der Waals surface area contributed by atoms with Crippen molar-refractivity contribution in [3.8, 4) is 0 Å². The van der Waals surface area contributed by atoms with E-state index in [-0.39, 0.29) is 0 Å². The zero-order valence-electron chi connectivity index (χ0n) is 8.73. The molecule has 0 heteroatoms. The molecule has 14 heavy (non-hydrogen) atoms. The van der Waals surface area contributed by atoms with E-state index in [0.717, 1.165) is 0 Å². The summed E-state index contributed by atoms with van der Waals surface area (Å²) in [6.45, 7) is 0. The van der Waals surface area contributed by atoms with Gasteiger partial charge in [0.2, 0.25) is 0 Å². The largest absolute Gasteiger partial charge is 0.0845 e. The summed E-state index contributed by atoms with van der Waals surface area (Å²) < 4.78 is 0. The molecule has 0 amide bonds. The highest BCUT2D eigenvalue weighted by atomic mass is 13.9. The smallest absolute Gasteiger partial charge is 0.0167 e. The fourth-order valence-corrected chi connectivity index (χ4v) is 1.37. The molecule has 1 aliphatic carbocycles. The molecule has 0 spiro atoms. The molecule has 0 aromatic rings. The van der Waals surface area contributed by atoms with Gasteiger partial charge >= 0.3 is 0 Å². The van der Waals surface area contributed by atoms with Crippen molar-refractivity contribution in [2.45, 2.75) is 32.1 Å². The fraction of sp³-hybridized carbons (Fsp3) is 0.357. The fourth-order valence-electron chi connectivity index (χ4n) is 1.37. The second-order valence-corrected chi connectivity index (χ2v) is 3.46. The van der Waals surface area contributed by atoms with Gasteiger partial charge in [-0.25, -0.2) is 0 Å². The van der Waals surface area contributed by atoms with E-state index in [0.29, 0.717) is 0 Å². The van der Waals surface area contributed by atoms with Crippen molar-refractivity contribution in [3.05, 3.63) is 55.0 Å². The van der Waals surface area contributed by atoms with Gasteiger partial charge in [0.15, 0.2) is 0 Å². The Kier molecular flexibility index (Phi) is 6.74. The van der Waals surface area contributed by atoms with Crippen molar-refractivity contribution in [1.29, 1.82) is 0 Å². The Labute approximate surface area is 87.7 Å². The van der Waals surface area contributed by atoms with Crippen LogP contribution in [0.4, 0.5) is 0 Å². The Bertz CT molecular complexity index is 202. The highest BCUT2D eigenvalue weighted by Crippen LogP contribution is 2.06. The van der Waals surface area contributed by atoms with Crippen LogP contribution in [0.25, 0.3) is 0 Å². The van der Waals surface area contributed by atoms with Gasteiger partial charge in [0, 0.05) is 0 Å². The van der Waals surface area contributed by atoms with Crippen LogP contribution in [0.2, 0.25) is 0 Å². The van der Waals surface area contributed by atoms with Crippen LogP contribution in [0, 0.1) is 6.42 Å². The summed E-state index contributed by atoms with van der Waals surface area (Å²) in [7, 11) is 0. The van der Waals surface area contributed by atoms with Gasteiger partial charge in [-0.3, -0.25) is 0 Å². The molecule has 0 N–H and O–H groups in total. The third-order valence-corrected chi connectivity index (χ3v) is 2.18. The summed E-state index contributed by atoms with van der Waals surface area (Å²) in [5.41, 5.74) is 0. The first-order valence-electron chi connectivity index (χ1n) is 5.48. The zero-order chi connectivity index (χ0) is 9.90. The Morgan fingerprint density at radius 1 is 0.500 bits per heavy atom. The van der Waals surface area contributed by atoms with Gasteiger partial charge in [0.05, 0.1) is 0 Å². The van der Waals surface area contributed by atoms with E-state index in [1.165, 1.54) is 32.1 Å². The van der Waals surface area contributed by atoms with Crippen molar-refractivity contribution in [2.75, 3.05) is 0 Å². The van der Waals surface area contributed by atoms with Gasteiger partial charge in [-0.1, -0.05) is 61.4 Å². The average Bonchev–Trinajstić information content (AvgIpc) is 2.22. The SMILES string of the molecule is [CH]1C=CC=CC=CC=CCCCCC1. The number of hydrogen-bond donors (Lipinski definition) is 0. The maximum absolute atomic E-state index is 2.25. The zero-order valence-corrected chi connectivity index (χ0v) is 8.73. The molecule has 0 heterocycles. The predicted molar refractivity (Wildman–Crippen MR) is 63.9 cm³/mol. The van der Waals surface area contributed by atoms with Gasteiger partial charge in [-0.15, -0.1) is 0 Å². The topological polar surface area (TPSA) is 0 Å². The summed E-state index contributed by atoms with van der Waals surface area (Å²) in [5, 5.41) is 0. The van der Waals surface area contributed by atoms with E-state index in [4.69, 9.17) is 0 Å². The molecule has 0 fully saturated rings. The van der Waals surface area contributed by atoms with E-state index in [2.05, 4.69) is 55.0 Å². The maximum Gasteiger partial charge on any atom is -0.0167 e. The summed E-state index contributed by atoms with van der Waals surface area (Å²) in [6.07, 6.45) is 25.5. The molecule has 1 rings (SSSR count). The minimum atomic E-state index is 1.21. The van der Waals surface area contributed by atoms with Crippen molar-refractivity contribution in [1.82, 2.24) is 0 Å². The summed E-state index contributed by atoms with van der Waals surface area (Å²) in [4.78, 5) is 0. The van der Waals surface area contributed by atoms with Gasteiger partial charge in [-0.05, 0) is 25.7 Å². The van der Waals surface area contributed by atoms with Crippen LogP contribution < -0.4 is 0 Å². The van der Waals surface area contributed by atoms with E-state index >= 15 is 0 Å². The summed E-state index contributed by atoms with van der Waals surface area (Å²) >= 11 is 0. The molecule has 1 aliphatic rings. The average molecular weight is 187 g/mol. The summed E-state index contributed by atoms with van der Waals surface area (Å²) in [6, 6.07) is 0. The van der Waals surface area contributed by atoms with Gasteiger partial charge in [0.25, 0.3) is 0 Å². The lowest BCUT2D eigenvalue weighted by Gasteiger charge is -1.96. The molecule has 0 bridgehead atoms. The minimum absolute atomic E-state index is 1.21. The molecule has 0 atom stereocenters. The Balaban J connectivity index is 2.36. The monoisotopic (exact) mass is 187 g/mol. The highest BCUT2D eigenvalue weighted by Gasteiger charge is 1.87. The first-order chi connectivity index (χ1) is 7.00. The predicted octanol–water partition coefficient (Wildman–Crippen LogP) is 4.38. The third kappa shape index (κ3) is 6.47. The van der Waals surface area contributed by atoms with Gasteiger partial charge in [-0.2, -0.15) is 0 Å². The molecule has 0 aromatic heterocycles. The molecule has 75 valence electrons. The van der Waals surface area contributed by atoms with Crippen LogP contribution in [0.1, 0.15) is 32.1 Å². The normalized spacial score (nSPS) is 19.4. The molecule has 1 radical (unpaired) electrons. The Morgan fingerprint density at radius 2 is 1.14 bits per heavy atom. The molecule has 0 aliphatic heterocycles. The lowest BCUT2D eigenvalue weighted by Crippen LogP contribution is -1.77.